The molecule has 2 aliphatic heterocycles. The monoisotopic (exact) mass is 366 g/mol. The zero-order valence-electron chi connectivity index (χ0n) is 15.1. The van der Waals surface area contributed by atoms with Gasteiger partial charge in [-0.25, -0.2) is 9.97 Å². The van der Waals surface area contributed by atoms with Crippen LogP contribution in [-0.4, -0.2) is 45.5 Å². The lowest BCUT2D eigenvalue weighted by atomic mass is 10.1. The predicted molar refractivity (Wildman–Crippen MR) is 98.2 cm³/mol. The van der Waals surface area contributed by atoms with Crippen molar-refractivity contribution in [3.8, 4) is 0 Å². The standard InChI is InChI=1S/C20H22N4O3/c25-19(6-5-18-21-14-3-1-2-4-15(14)22-18)24-9-7-17-16(11-24)23-20(27-17)13-8-10-26-12-13/h1-4,13H,5-12H2,(H,21,22). The quantitative estimate of drug-likeness (QED) is 0.767. The van der Waals surface area contributed by atoms with Gasteiger partial charge in [0.15, 0.2) is 5.89 Å². The average molecular weight is 366 g/mol. The third kappa shape index (κ3) is 3.23. The molecule has 27 heavy (non-hydrogen) atoms. The third-order valence-corrected chi connectivity index (χ3v) is 5.39. The minimum absolute atomic E-state index is 0.134. The number of fused-ring (bicyclic) bond motifs is 2. The van der Waals surface area contributed by atoms with Gasteiger partial charge in [0.25, 0.3) is 0 Å². The summed E-state index contributed by atoms with van der Waals surface area (Å²) in [6, 6.07) is 7.91. The maximum absolute atomic E-state index is 12.7. The van der Waals surface area contributed by atoms with Crippen molar-refractivity contribution >= 4 is 16.9 Å². The lowest BCUT2D eigenvalue weighted by molar-refractivity contribution is -0.132. The zero-order valence-corrected chi connectivity index (χ0v) is 15.1. The van der Waals surface area contributed by atoms with E-state index in [1.165, 1.54) is 0 Å². The lowest BCUT2D eigenvalue weighted by Crippen LogP contribution is -2.36. The van der Waals surface area contributed by atoms with E-state index in [4.69, 9.17) is 9.15 Å². The molecule has 0 spiro atoms. The summed E-state index contributed by atoms with van der Waals surface area (Å²) in [6.45, 7) is 2.66. The van der Waals surface area contributed by atoms with E-state index in [-0.39, 0.29) is 11.8 Å². The summed E-state index contributed by atoms with van der Waals surface area (Å²) in [6.07, 6.45) is 2.74. The normalized spacial score (nSPS) is 19.6. The van der Waals surface area contributed by atoms with E-state index in [0.29, 0.717) is 32.5 Å². The van der Waals surface area contributed by atoms with E-state index >= 15 is 0 Å². The van der Waals surface area contributed by atoms with Crippen molar-refractivity contribution in [1.82, 2.24) is 19.9 Å². The zero-order chi connectivity index (χ0) is 18.2. The summed E-state index contributed by atoms with van der Waals surface area (Å²) in [4.78, 5) is 27.0. The van der Waals surface area contributed by atoms with Crippen LogP contribution < -0.4 is 0 Å². The van der Waals surface area contributed by atoms with E-state index in [0.717, 1.165) is 53.7 Å². The van der Waals surface area contributed by atoms with Crippen LogP contribution in [-0.2, 0) is 28.9 Å². The molecule has 3 aromatic rings. The van der Waals surface area contributed by atoms with Crippen LogP contribution in [0.2, 0.25) is 0 Å². The number of nitrogens with zero attached hydrogens (tertiary/aromatic N) is 3. The topological polar surface area (TPSA) is 84.2 Å². The first-order valence-electron chi connectivity index (χ1n) is 9.54. The number of imidazole rings is 1. The second-order valence-electron chi connectivity index (χ2n) is 7.25. The number of nitrogens with one attached hydrogen (secondary N) is 1. The molecule has 0 aliphatic carbocycles. The molecule has 5 rings (SSSR count). The molecule has 1 atom stereocenters. The van der Waals surface area contributed by atoms with Gasteiger partial charge in [-0.05, 0) is 18.6 Å². The summed E-state index contributed by atoms with van der Waals surface area (Å²) >= 11 is 0. The Balaban J connectivity index is 1.22. The molecular formula is C20H22N4O3. The number of aromatic amines is 1. The molecule has 1 unspecified atom stereocenters. The fourth-order valence-corrected chi connectivity index (χ4v) is 3.84. The summed E-state index contributed by atoms with van der Waals surface area (Å²) in [5.74, 6) is 2.95. The van der Waals surface area contributed by atoms with Crippen LogP contribution in [0.1, 0.15) is 41.9 Å². The summed E-state index contributed by atoms with van der Waals surface area (Å²) < 4.78 is 11.4. The van der Waals surface area contributed by atoms with Crippen molar-refractivity contribution < 1.29 is 13.9 Å². The van der Waals surface area contributed by atoms with Crippen LogP contribution in [0.25, 0.3) is 11.0 Å². The lowest BCUT2D eigenvalue weighted by Gasteiger charge is -2.25. The molecule has 2 aromatic heterocycles. The van der Waals surface area contributed by atoms with Crippen LogP contribution >= 0.6 is 0 Å². The molecule has 1 amide bonds. The molecule has 1 N–H and O–H groups in total. The number of carbonyl (C=O) groups excluding carboxylic acids is 1. The summed E-state index contributed by atoms with van der Waals surface area (Å²) in [5.41, 5.74) is 2.85. The number of benzene rings is 1. The van der Waals surface area contributed by atoms with E-state index in [2.05, 4.69) is 15.0 Å². The maximum Gasteiger partial charge on any atom is 0.223 e. The number of aryl methyl sites for hydroxylation is 1. The molecule has 1 saturated heterocycles. The molecule has 7 nitrogen and oxygen atoms in total. The van der Waals surface area contributed by atoms with Gasteiger partial charge in [-0.1, -0.05) is 12.1 Å². The number of rotatable bonds is 4. The summed E-state index contributed by atoms with van der Waals surface area (Å²) in [5, 5.41) is 0. The third-order valence-electron chi connectivity index (χ3n) is 5.39. The van der Waals surface area contributed by atoms with Crippen LogP contribution in [0.15, 0.2) is 28.7 Å². The first-order valence-corrected chi connectivity index (χ1v) is 9.54. The van der Waals surface area contributed by atoms with Crippen molar-refractivity contribution in [3.63, 3.8) is 0 Å². The summed E-state index contributed by atoms with van der Waals surface area (Å²) in [7, 11) is 0. The largest absolute Gasteiger partial charge is 0.445 e. The smallest absolute Gasteiger partial charge is 0.223 e. The molecule has 0 radical (unpaired) electrons. The second-order valence-corrected chi connectivity index (χ2v) is 7.25. The molecule has 1 fully saturated rings. The highest BCUT2D eigenvalue weighted by Gasteiger charge is 2.29. The van der Waals surface area contributed by atoms with Gasteiger partial charge in [-0.2, -0.15) is 0 Å². The van der Waals surface area contributed by atoms with Crippen molar-refractivity contribution in [2.75, 3.05) is 19.8 Å². The van der Waals surface area contributed by atoms with Gasteiger partial charge < -0.3 is 19.0 Å². The van der Waals surface area contributed by atoms with Gasteiger partial charge in [-0.3, -0.25) is 4.79 Å². The highest BCUT2D eigenvalue weighted by molar-refractivity contribution is 5.77. The first kappa shape index (κ1) is 16.5. The molecule has 140 valence electrons. The molecule has 0 saturated carbocycles. The Bertz CT molecular complexity index is 938. The SMILES string of the molecule is O=C(CCc1nc2ccccc2[nH]1)N1CCc2oc(C3CCOC3)nc2C1. The van der Waals surface area contributed by atoms with Crippen molar-refractivity contribution in [3.05, 3.63) is 47.4 Å². The number of hydrogen-bond acceptors (Lipinski definition) is 5. The van der Waals surface area contributed by atoms with Gasteiger partial charge in [0.1, 0.15) is 17.3 Å². The van der Waals surface area contributed by atoms with E-state index in [9.17, 15) is 4.79 Å². The Morgan fingerprint density at radius 2 is 2.22 bits per heavy atom. The van der Waals surface area contributed by atoms with Gasteiger partial charge in [0, 0.05) is 32.4 Å². The van der Waals surface area contributed by atoms with Crippen molar-refractivity contribution in [1.29, 1.82) is 0 Å². The van der Waals surface area contributed by atoms with E-state index in [1.807, 2.05) is 29.2 Å². The predicted octanol–water partition coefficient (Wildman–Crippen LogP) is 2.57. The molecule has 4 heterocycles. The highest BCUT2D eigenvalue weighted by atomic mass is 16.5. The number of aromatic nitrogens is 3. The molecule has 7 heteroatoms. The number of oxazole rings is 1. The maximum atomic E-state index is 12.7. The highest BCUT2D eigenvalue weighted by Crippen LogP contribution is 2.29. The minimum atomic E-state index is 0.134. The first-order chi connectivity index (χ1) is 13.3. The van der Waals surface area contributed by atoms with Crippen LogP contribution in [0.3, 0.4) is 0 Å². The van der Waals surface area contributed by atoms with Gasteiger partial charge in [-0.15, -0.1) is 0 Å². The van der Waals surface area contributed by atoms with Gasteiger partial charge in [0.05, 0.1) is 30.1 Å². The average Bonchev–Trinajstić information content (AvgIpc) is 3.43. The fraction of sp³-hybridized carbons (Fsp3) is 0.450. The van der Waals surface area contributed by atoms with E-state index in [1.54, 1.807) is 0 Å². The Hall–Kier alpha value is -2.67. The number of hydrogen-bond donors (Lipinski definition) is 1. The molecule has 2 aliphatic rings. The Morgan fingerprint density at radius 1 is 1.30 bits per heavy atom. The van der Waals surface area contributed by atoms with Crippen LogP contribution in [0.4, 0.5) is 0 Å². The molecule has 1 aromatic carbocycles. The fourth-order valence-electron chi connectivity index (χ4n) is 3.84. The van der Waals surface area contributed by atoms with Crippen LogP contribution in [0.5, 0.6) is 0 Å². The van der Waals surface area contributed by atoms with Crippen molar-refractivity contribution in [2.24, 2.45) is 0 Å². The Labute approximate surface area is 156 Å². The van der Waals surface area contributed by atoms with Gasteiger partial charge in [0.2, 0.25) is 5.91 Å². The number of para-hydroxylation sites is 2. The van der Waals surface area contributed by atoms with Gasteiger partial charge >= 0.3 is 0 Å². The molecule has 0 bridgehead atoms. The Kier molecular flexibility index (Phi) is 4.16. The molecular weight excluding hydrogens is 344 g/mol. The number of H-pyrrole nitrogens is 1. The number of amides is 1. The van der Waals surface area contributed by atoms with Crippen molar-refractivity contribution in [2.45, 2.75) is 38.1 Å². The number of carbonyl (C=O) groups is 1. The second kappa shape index (κ2) is 6.81. The number of ether oxygens (including phenoxy) is 1. The van der Waals surface area contributed by atoms with E-state index < -0.39 is 0 Å². The minimum Gasteiger partial charge on any atom is -0.445 e. The Morgan fingerprint density at radius 3 is 3.07 bits per heavy atom. The van der Waals surface area contributed by atoms with Crippen LogP contribution in [0, 0.1) is 0 Å².